The molecule has 0 bridgehead atoms. The molecule has 1 aliphatic heterocycles. The summed E-state index contributed by atoms with van der Waals surface area (Å²) < 4.78 is 0. The average Bonchev–Trinajstić information content (AvgIpc) is 3.24. The molecule has 0 amide bonds. The maximum absolute atomic E-state index is 5.26. The lowest BCUT2D eigenvalue weighted by Gasteiger charge is -2.19. The highest BCUT2D eigenvalue weighted by Crippen LogP contribution is 2.38. The fourth-order valence-electron chi connectivity index (χ4n) is 6.80. The van der Waals surface area contributed by atoms with Gasteiger partial charge in [0.2, 0.25) is 0 Å². The van der Waals surface area contributed by atoms with Gasteiger partial charge in [0.15, 0.2) is 5.82 Å². The first kappa shape index (κ1) is 31.8. The molecular formula is C48H35N5. The van der Waals surface area contributed by atoms with Crippen molar-refractivity contribution in [1.29, 1.82) is 0 Å². The Bertz CT molecular complexity index is 2540. The molecule has 1 aliphatic rings. The summed E-state index contributed by atoms with van der Waals surface area (Å²) in [6.07, 6.45) is 4.32. The summed E-state index contributed by atoms with van der Waals surface area (Å²) in [4.78, 5) is 15.2. The number of fused-ring (bicyclic) bond motifs is 3. The third-order valence-corrected chi connectivity index (χ3v) is 9.52. The second kappa shape index (κ2) is 14.3. The van der Waals surface area contributed by atoms with E-state index in [2.05, 4.69) is 144 Å². The second-order valence-corrected chi connectivity index (χ2v) is 13.0. The molecule has 252 valence electrons. The quantitative estimate of drug-likeness (QED) is 0.130. The molecule has 7 aromatic carbocycles. The van der Waals surface area contributed by atoms with E-state index in [-0.39, 0.29) is 0 Å². The van der Waals surface area contributed by atoms with Crippen LogP contribution in [0.15, 0.2) is 187 Å². The van der Waals surface area contributed by atoms with E-state index in [1.165, 1.54) is 5.39 Å². The van der Waals surface area contributed by atoms with Crippen LogP contribution in [0.3, 0.4) is 0 Å². The van der Waals surface area contributed by atoms with E-state index < -0.39 is 0 Å². The van der Waals surface area contributed by atoms with Crippen molar-refractivity contribution in [3.8, 4) is 45.0 Å². The van der Waals surface area contributed by atoms with Gasteiger partial charge in [0.25, 0.3) is 0 Å². The molecule has 53 heavy (non-hydrogen) atoms. The maximum Gasteiger partial charge on any atom is 0.160 e. The normalized spacial score (nSPS) is 12.3. The molecule has 0 atom stereocenters. The number of hydrogen-bond acceptors (Lipinski definition) is 4. The van der Waals surface area contributed by atoms with Gasteiger partial charge in [0, 0.05) is 45.4 Å². The molecule has 0 unspecified atom stereocenters. The Hall–Kier alpha value is -7.11. The molecule has 9 rings (SSSR count). The monoisotopic (exact) mass is 681 g/mol. The van der Waals surface area contributed by atoms with Crippen molar-refractivity contribution in [2.45, 2.75) is 0 Å². The number of aliphatic imine (C=N–C) groups is 1. The Morgan fingerprint density at radius 1 is 0.547 bits per heavy atom. The Morgan fingerprint density at radius 2 is 1.11 bits per heavy atom. The number of anilines is 2. The van der Waals surface area contributed by atoms with E-state index in [1.807, 2.05) is 54.6 Å². The van der Waals surface area contributed by atoms with Crippen molar-refractivity contribution in [1.82, 2.24) is 9.97 Å². The minimum absolute atomic E-state index is 0.709. The van der Waals surface area contributed by atoms with Crippen molar-refractivity contribution in [3.05, 3.63) is 193 Å². The van der Waals surface area contributed by atoms with Crippen LogP contribution >= 0.6 is 0 Å². The minimum Gasteiger partial charge on any atom is -0.381 e. The van der Waals surface area contributed by atoms with E-state index in [9.17, 15) is 0 Å². The average molecular weight is 682 g/mol. The summed E-state index contributed by atoms with van der Waals surface area (Å²) in [7, 11) is 0. The van der Waals surface area contributed by atoms with Crippen LogP contribution in [-0.4, -0.2) is 22.3 Å². The van der Waals surface area contributed by atoms with Gasteiger partial charge in [-0.2, -0.15) is 0 Å². The van der Waals surface area contributed by atoms with Crippen LogP contribution in [-0.2, 0) is 0 Å². The van der Waals surface area contributed by atoms with Gasteiger partial charge in [-0.3, -0.25) is 0 Å². The standard InChI is InChI=1S/C48H35N5/c1-4-13-35(14-5-1)43-32-44(52-48(51-43)38-17-8-3-9-18-38)36-24-22-33(23-25-36)34-26-28-40(29-27-34)50-47(37-15-6-2-7-16-37)53-45-31-39-19-10-11-20-41(39)46-42(45)21-12-30-49-46/h1-29,31-32,49H,30H2,(H,50,53). The predicted octanol–water partition coefficient (Wildman–Crippen LogP) is 11.9. The second-order valence-electron chi connectivity index (χ2n) is 13.0. The molecule has 1 aromatic heterocycles. The molecule has 5 heteroatoms. The molecule has 2 N–H and O–H groups in total. The fraction of sp³-hybridized carbons (Fsp3) is 0.0208. The van der Waals surface area contributed by atoms with Gasteiger partial charge in [-0.1, -0.05) is 164 Å². The molecule has 5 nitrogen and oxygen atoms in total. The van der Waals surface area contributed by atoms with Crippen LogP contribution in [0.5, 0.6) is 0 Å². The lowest BCUT2D eigenvalue weighted by Crippen LogP contribution is -2.13. The Morgan fingerprint density at radius 3 is 1.81 bits per heavy atom. The number of aromatic nitrogens is 2. The van der Waals surface area contributed by atoms with Crippen LogP contribution in [0.1, 0.15) is 11.1 Å². The minimum atomic E-state index is 0.709. The summed E-state index contributed by atoms with van der Waals surface area (Å²) in [6, 6.07) is 60.6. The third kappa shape index (κ3) is 6.72. The van der Waals surface area contributed by atoms with E-state index in [0.29, 0.717) is 5.82 Å². The molecule has 0 spiro atoms. The van der Waals surface area contributed by atoms with E-state index in [1.54, 1.807) is 0 Å². The van der Waals surface area contributed by atoms with Gasteiger partial charge in [0.1, 0.15) is 5.84 Å². The van der Waals surface area contributed by atoms with Gasteiger partial charge < -0.3 is 10.6 Å². The van der Waals surface area contributed by atoms with Crippen LogP contribution in [0.2, 0.25) is 0 Å². The summed E-state index contributed by atoms with van der Waals surface area (Å²) >= 11 is 0. The SMILES string of the molecule is C1=Cc2c(N=C(Nc3ccc(-c4ccc(-c5cc(-c6ccccc6)nc(-c6ccccc6)n5)cc4)cc3)c3ccccc3)cc3ccccc3c2NC1. The number of rotatable bonds is 7. The molecule has 0 radical (unpaired) electrons. The van der Waals surface area contributed by atoms with Crippen molar-refractivity contribution in [3.63, 3.8) is 0 Å². The number of nitrogens with one attached hydrogen (secondary N) is 2. The third-order valence-electron chi connectivity index (χ3n) is 9.52. The van der Waals surface area contributed by atoms with Crippen LogP contribution in [0.25, 0.3) is 61.9 Å². The molecule has 2 heterocycles. The summed E-state index contributed by atoms with van der Waals surface area (Å²) in [5.74, 6) is 1.50. The first-order chi connectivity index (χ1) is 26.2. The highest BCUT2D eigenvalue weighted by molar-refractivity contribution is 6.11. The highest BCUT2D eigenvalue weighted by atomic mass is 15.0. The zero-order valence-corrected chi connectivity index (χ0v) is 28.9. The Labute approximate surface area is 309 Å². The van der Waals surface area contributed by atoms with Gasteiger partial charge in [0.05, 0.1) is 22.8 Å². The molecule has 0 saturated heterocycles. The van der Waals surface area contributed by atoms with Gasteiger partial charge >= 0.3 is 0 Å². The van der Waals surface area contributed by atoms with E-state index >= 15 is 0 Å². The summed E-state index contributed by atoms with van der Waals surface area (Å²) in [6.45, 7) is 0.800. The highest BCUT2D eigenvalue weighted by Gasteiger charge is 2.16. The largest absolute Gasteiger partial charge is 0.381 e. The maximum atomic E-state index is 5.26. The Balaban J connectivity index is 1.01. The molecule has 0 saturated carbocycles. The molecule has 8 aromatic rings. The van der Waals surface area contributed by atoms with Gasteiger partial charge in [-0.05, 0) is 40.8 Å². The van der Waals surface area contributed by atoms with Crippen molar-refractivity contribution in [2.24, 2.45) is 4.99 Å². The topological polar surface area (TPSA) is 62.2 Å². The van der Waals surface area contributed by atoms with Gasteiger partial charge in [-0.15, -0.1) is 0 Å². The predicted molar refractivity (Wildman–Crippen MR) is 222 cm³/mol. The van der Waals surface area contributed by atoms with Crippen molar-refractivity contribution in [2.75, 3.05) is 17.2 Å². The molecular weight excluding hydrogens is 647 g/mol. The number of nitrogens with zero attached hydrogens (tertiary/aromatic N) is 3. The number of amidine groups is 1. The lowest BCUT2D eigenvalue weighted by atomic mass is 9.99. The van der Waals surface area contributed by atoms with Crippen LogP contribution < -0.4 is 10.6 Å². The van der Waals surface area contributed by atoms with Crippen molar-refractivity contribution < 1.29 is 0 Å². The smallest absolute Gasteiger partial charge is 0.160 e. The number of benzene rings is 7. The van der Waals surface area contributed by atoms with Crippen LogP contribution in [0, 0.1) is 0 Å². The van der Waals surface area contributed by atoms with E-state index in [0.717, 1.165) is 85.2 Å². The summed E-state index contributed by atoms with van der Waals surface area (Å²) in [5.41, 5.74) is 12.2. The zero-order valence-electron chi connectivity index (χ0n) is 28.9. The zero-order chi connectivity index (χ0) is 35.4. The number of hydrogen-bond donors (Lipinski definition) is 2. The van der Waals surface area contributed by atoms with Gasteiger partial charge in [-0.25, -0.2) is 15.0 Å². The van der Waals surface area contributed by atoms with Crippen molar-refractivity contribution >= 4 is 39.7 Å². The fourth-order valence-corrected chi connectivity index (χ4v) is 6.80. The van der Waals surface area contributed by atoms with E-state index in [4.69, 9.17) is 15.0 Å². The molecule has 0 aliphatic carbocycles. The first-order valence-electron chi connectivity index (χ1n) is 17.8. The Kier molecular flexibility index (Phi) is 8.56. The lowest BCUT2D eigenvalue weighted by molar-refractivity contribution is 1.18. The summed E-state index contributed by atoms with van der Waals surface area (Å²) in [5, 5.41) is 9.57. The molecule has 0 fully saturated rings. The first-order valence-corrected chi connectivity index (χ1v) is 17.8. The van der Waals surface area contributed by atoms with Crippen LogP contribution in [0.4, 0.5) is 17.1 Å².